The van der Waals surface area contributed by atoms with Crippen molar-refractivity contribution in [2.75, 3.05) is 5.32 Å². The highest BCUT2D eigenvalue weighted by molar-refractivity contribution is 9.10. The summed E-state index contributed by atoms with van der Waals surface area (Å²) in [5.41, 5.74) is 2.83. The van der Waals surface area contributed by atoms with Crippen molar-refractivity contribution < 1.29 is 5.11 Å². The van der Waals surface area contributed by atoms with Crippen LogP contribution in [0.1, 0.15) is 18.6 Å². The van der Waals surface area contributed by atoms with Gasteiger partial charge in [0.05, 0.1) is 6.10 Å². The normalized spacial score (nSPS) is 12.2. The monoisotopic (exact) mass is 291 g/mol. The molecule has 0 radical (unpaired) electrons. The van der Waals surface area contributed by atoms with E-state index < -0.39 is 6.10 Å². The molecule has 0 saturated heterocycles. The van der Waals surface area contributed by atoms with Crippen LogP contribution < -0.4 is 5.32 Å². The highest BCUT2D eigenvalue weighted by Gasteiger charge is 2.06. The Morgan fingerprint density at radius 1 is 1.06 bits per heavy atom. The first-order valence-corrected chi connectivity index (χ1v) is 6.25. The number of nitrogens with one attached hydrogen (secondary N) is 1. The second-order valence-corrected chi connectivity index (χ2v) is 4.81. The molecule has 0 aliphatic rings. The minimum Gasteiger partial charge on any atom is -0.389 e. The van der Waals surface area contributed by atoms with Gasteiger partial charge in [-0.05, 0) is 37.3 Å². The van der Waals surface area contributed by atoms with Crippen molar-refractivity contribution in [1.82, 2.24) is 0 Å². The number of aliphatic hydroxyl groups excluding tert-OH is 1. The number of hydrogen-bond acceptors (Lipinski definition) is 2. The Morgan fingerprint density at radius 3 is 2.35 bits per heavy atom. The van der Waals surface area contributed by atoms with Crippen molar-refractivity contribution in [3.63, 3.8) is 0 Å². The van der Waals surface area contributed by atoms with E-state index in [1.807, 2.05) is 48.5 Å². The highest BCUT2D eigenvalue weighted by Crippen LogP contribution is 2.26. The summed E-state index contributed by atoms with van der Waals surface area (Å²) >= 11 is 3.40. The molecule has 1 unspecified atom stereocenters. The number of anilines is 2. The Balaban J connectivity index is 2.26. The quantitative estimate of drug-likeness (QED) is 0.886. The van der Waals surface area contributed by atoms with E-state index in [-0.39, 0.29) is 0 Å². The molecule has 88 valence electrons. The van der Waals surface area contributed by atoms with Crippen LogP contribution in [-0.2, 0) is 0 Å². The molecule has 2 rings (SSSR count). The Hall–Kier alpha value is -1.32. The molecule has 0 saturated carbocycles. The molecule has 2 aromatic rings. The van der Waals surface area contributed by atoms with Gasteiger partial charge in [-0.3, -0.25) is 0 Å². The van der Waals surface area contributed by atoms with Gasteiger partial charge in [-0.2, -0.15) is 0 Å². The summed E-state index contributed by atoms with van der Waals surface area (Å²) in [4.78, 5) is 0. The third-order valence-electron chi connectivity index (χ3n) is 2.53. The van der Waals surface area contributed by atoms with Crippen LogP contribution in [0.3, 0.4) is 0 Å². The Morgan fingerprint density at radius 2 is 1.71 bits per heavy atom. The molecule has 2 aromatic carbocycles. The summed E-state index contributed by atoms with van der Waals surface area (Å²) in [6, 6.07) is 15.7. The maximum Gasteiger partial charge on any atom is 0.0782 e. The van der Waals surface area contributed by atoms with Gasteiger partial charge in [0.15, 0.2) is 0 Å². The van der Waals surface area contributed by atoms with Gasteiger partial charge in [-0.25, -0.2) is 0 Å². The van der Waals surface area contributed by atoms with Gasteiger partial charge in [0, 0.05) is 21.4 Å². The van der Waals surface area contributed by atoms with Crippen LogP contribution in [0.4, 0.5) is 11.4 Å². The van der Waals surface area contributed by atoms with E-state index in [0.717, 1.165) is 21.4 Å². The SMILES string of the molecule is CC(O)c1ccccc1Nc1ccc(Br)cc1. The van der Waals surface area contributed by atoms with Crippen LogP contribution in [0, 0.1) is 0 Å². The number of aliphatic hydroxyl groups is 1. The molecular weight excluding hydrogens is 278 g/mol. The van der Waals surface area contributed by atoms with Gasteiger partial charge in [0.25, 0.3) is 0 Å². The first-order chi connectivity index (χ1) is 8.16. The van der Waals surface area contributed by atoms with Crippen molar-refractivity contribution in [1.29, 1.82) is 0 Å². The van der Waals surface area contributed by atoms with Crippen molar-refractivity contribution >= 4 is 27.3 Å². The lowest BCUT2D eigenvalue weighted by molar-refractivity contribution is 0.200. The molecule has 1 atom stereocenters. The maximum atomic E-state index is 9.68. The molecule has 0 heterocycles. The minimum absolute atomic E-state index is 0.478. The molecular formula is C14H14BrNO. The fraction of sp³-hybridized carbons (Fsp3) is 0.143. The van der Waals surface area contributed by atoms with Crippen LogP contribution >= 0.6 is 15.9 Å². The minimum atomic E-state index is -0.478. The van der Waals surface area contributed by atoms with E-state index in [2.05, 4.69) is 21.2 Å². The summed E-state index contributed by atoms with van der Waals surface area (Å²) in [7, 11) is 0. The molecule has 0 fully saturated rings. The van der Waals surface area contributed by atoms with E-state index in [4.69, 9.17) is 0 Å². The molecule has 0 aromatic heterocycles. The zero-order valence-corrected chi connectivity index (χ0v) is 11.1. The Labute approximate surface area is 109 Å². The molecule has 3 heteroatoms. The first-order valence-electron chi connectivity index (χ1n) is 5.46. The van der Waals surface area contributed by atoms with Crippen LogP contribution in [0.5, 0.6) is 0 Å². The summed E-state index contributed by atoms with van der Waals surface area (Å²) in [5.74, 6) is 0. The van der Waals surface area contributed by atoms with E-state index in [0.29, 0.717) is 0 Å². The molecule has 0 amide bonds. The number of halogens is 1. The summed E-state index contributed by atoms with van der Waals surface area (Å²) in [5, 5.41) is 13.0. The summed E-state index contributed by atoms with van der Waals surface area (Å²) in [6.45, 7) is 1.77. The second kappa shape index (κ2) is 5.34. The Bertz CT molecular complexity index is 494. The Kier molecular flexibility index (Phi) is 3.82. The van der Waals surface area contributed by atoms with E-state index in [1.54, 1.807) is 6.92 Å². The molecule has 17 heavy (non-hydrogen) atoms. The van der Waals surface area contributed by atoms with Gasteiger partial charge in [-0.15, -0.1) is 0 Å². The number of benzene rings is 2. The average Bonchev–Trinajstić information content (AvgIpc) is 2.32. The van der Waals surface area contributed by atoms with Crippen molar-refractivity contribution in [3.8, 4) is 0 Å². The van der Waals surface area contributed by atoms with Crippen LogP contribution in [0.25, 0.3) is 0 Å². The maximum absolute atomic E-state index is 9.68. The van der Waals surface area contributed by atoms with Crippen LogP contribution in [0.2, 0.25) is 0 Å². The fourth-order valence-electron chi connectivity index (χ4n) is 1.66. The second-order valence-electron chi connectivity index (χ2n) is 3.90. The number of para-hydroxylation sites is 1. The first kappa shape index (κ1) is 12.1. The predicted molar refractivity (Wildman–Crippen MR) is 74.5 cm³/mol. The zero-order valence-electron chi connectivity index (χ0n) is 9.52. The lowest BCUT2D eigenvalue weighted by atomic mass is 10.1. The van der Waals surface area contributed by atoms with E-state index in [1.165, 1.54) is 0 Å². The molecule has 0 spiro atoms. The zero-order chi connectivity index (χ0) is 12.3. The lowest BCUT2D eigenvalue weighted by Crippen LogP contribution is -1.98. The average molecular weight is 292 g/mol. The van der Waals surface area contributed by atoms with Gasteiger partial charge in [0.1, 0.15) is 0 Å². The van der Waals surface area contributed by atoms with Crippen molar-refractivity contribution in [2.45, 2.75) is 13.0 Å². The van der Waals surface area contributed by atoms with E-state index in [9.17, 15) is 5.11 Å². The standard InChI is InChI=1S/C14H14BrNO/c1-10(17)13-4-2-3-5-14(13)16-12-8-6-11(15)7-9-12/h2-10,16-17H,1H3. The van der Waals surface area contributed by atoms with Gasteiger partial charge < -0.3 is 10.4 Å². The summed E-state index contributed by atoms with van der Waals surface area (Å²) in [6.07, 6.45) is -0.478. The molecule has 2 nitrogen and oxygen atoms in total. The molecule has 0 aliphatic heterocycles. The highest BCUT2D eigenvalue weighted by atomic mass is 79.9. The van der Waals surface area contributed by atoms with Crippen LogP contribution in [-0.4, -0.2) is 5.11 Å². The number of hydrogen-bond donors (Lipinski definition) is 2. The molecule has 0 bridgehead atoms. The smallest absolute Gasteiger partial charge is 0.0782 e. The third kappa shape index (κ3) is 3.08. The topological polar surface area (TPSA) is 32.3 Å². The van der Waals surface area contributed by atoms with Crippen molar-refractivity contribution in [2.24, 2.45) is 0 Å². The van der Waals surface area contributed by atoms with Gasteiger partial charge >= 0.3 is 0 Å². The fourth-order valence-corrected chi connectivity index (χ4v) is 1.93. The van der Waals surface area contributed by atoms with E-state index >= 15 is 0 Å². The largest absolute Gasteiger partial charge is 0.389 e. The van der Waals surface area contributed by atoms with Crippen molar-refractivity contribution in [3.05, 3.63) is 58.6 Å². The van der Waals surface area contributed by atoms with Gasteiger partial charge in [-0.1, -0.05) is 34.1 Å². The predicted octanol–water partition coefficient (Wildman–Crippen LogP) is 4.25. The number of rotatable bonds is 3. The third-order valence-corrected chi connectivity index (χ3v) is 3.06. The molecule has 0 aliphatic carbocycles. The van der Waals surface area contributed by atoms with Crippen LogP contribution in [0.15, 0.2) is 53.0 Å². The molecule has 2 N–H and O–H groups in total. The van der Waals surface area contributed by atoms with Gasteiger partial charge in [0.2, 0.25) is 0 Å². The lowest BCUT2D eigenvalue weighted by Gasteiger charge is -2.13. The summed E-state index contributed by atoms with van der Waals surface area (Å²) < 4.78 is 1.05.